The molecule has 5 nitrogen and oxygen atoms in total. The highest BCUT2D eigenvalue weighted by Gasteiger charge is 2.19. The van der Waals surface area contributed by atoms with Crippen molar-refractivity contribution in [2.45, 2.75) is 26.4 Å². The summed E-state index contributed by atoms with van der Waals surface area (Å²) in [6, 6.07) is 5.92. The average Bonchev–Trinajstić information content (AvgIpc) is 2.97. The van der Waals surface area contributed by atoms with Crippen molar-refractivity contribution in [1.82, 2.24) is 4.98 Å². The van der Waals surface area contributed by atoms with Gasteiger partial charge in [-0.15, -0.1) is 11.3 Å². The summed E-state index contributed by atoms with van der Waals surface area (Å²) in [6.07, 6.45) is 1.61. The maximum atomic E-state index is 8.83. The van der Waals surface area contributed by atoms with E-state index in [1.54, 1.807) is 23.6 Å². The second-order valence-electron chi connectivity index (χ2n) is 4.78. The van der Waals surface area contributed by atoms with Gasteiger partial charge in [-0.25, -0.2) is 4.98 Å². The summed E-state index contributed by atoms with van der Waals surface area (Å²) in [5.74, 6) is 0.604. The zero-order valence-corrected chi connectivity index (χ0v) is 13.4. The highest BCUT2D eigenvalue weighted by atomic mass is 35.5. The third-order valence-electron chi connectivity index (χ3n) is 3.06. The minimum absolute atomic E-state index is 0.0246. The second-order valence-corrected chi connectivity index (χ2v) is 6.19. The normalized spacial score (nSPS) is 11.9. The second kappa shape index (κ2) is 6.78. The summed E-state index contributed by atoms with van der Waals surface area (Å²) in [5, 5.41) is 14.3. The van der Waals surface area contributed by atoms with Gasteiger partial charge < -0.3 is 15.8 Å². The van der Waals surface area contributed by atoms with Crippen LogP contribution >= 0.6 is 22.9 Å². The summed E-state index contributed by atoms with van der Waals surface area (Å²) >= 11 is 8.07. The van der Waals surface area contributed by atoms with Crippen LogP contribution in [0.5, 0.6) is 0 Å². The SMILES string of the molecule is CC(C)N(Cc1cccs1)c1nccc(/C(N)=N/O)c1Cl. The van der Waals surface area contributed by atoms with Crippen molar-refractivity contribution in [3.8, 4) is 0 Å². The third kappa shape index (κ3) is 3.46. The third-order valence-corrected chi connectivity index (χ3v) is 4.29. The summed E-state index contributed by atoms with van der Waals surface area (Å²) in [6.45, 7) is 4.85. The van der Waals surface area contributed by atoms with E-state index in [2.05, 4.69) is 35.0 Å². The van der Waals surface area contributed by atoms with Gasteiger partial charge in [0, 0.05) is 22.7 Å². The van der Waals surface area contributed by atoms with E-state index >= 15 is 0 Å². The molecular weight excluding hydrogens is 308 g/mol. The largest absolute Gasteiger partial charge is 0.409 e. The van der Waals surface area contributed by atoms with E-state index in [9.17, 15) is 0 Å². The average molecular weight is 325 g/mol. The Morgan fingerprint density at radius 3 is 2.86 bits per heavy atom. The van der Waals surface area contributed by atoms with Gasteiger partial charge in [0.1, 0.15) is 5.82 Å². The van der Waals surface area contributed by atoms with Gasteiger partial charge in [-0.3, -0.25) is 0 Å². The molecule has 0 aromatic carbocycles. The van der Waals surface area contributed by atoms with Gasteiger partial charge in [0.15, 0.2) is 5.84 Å². The minimum atomic E-state index is -0.0246. The van der Waals surface area contributed by atoms with Crippen LogP contribution in [0.15, 0.2) is 34.9 Å². The fourth-order valence-corrected chi connectivity index (χ4v) is 2.98. The molecule has 7 heteroatoms. The Balaban J connectivity index is 2.41. The van der Waals surface area contributed by atoms with E-state index in [1.807, 2.05) is 11.4 Å². The maximum Gasteiger partial charge on any atom is 0.171 e. The lowest BCUT2D eigenvalue weighted by atomic mass is 10.2. The molecule has 0 aliphatic rings. The molecule has 2 rings (SSSR count). The van der Waals surface area contributed by atoms with Gasteiger partial charge >= 0.3 is 0 Å². The summed E-state index contributed by atoms with van der Waals surface area (Å²) in [4.78, 5) is 7.67. The minimum Gasteiger partial charge on any atom is -0.409 e. The van der Waals surface area contributed by atoms with E-state index in [0.29, 0.717) is 22.9 Å². The lowest BCUT2D eigenvalue weighted by Gasteiger charge is -2.28. The predicted octanol–water partition coefficient (Wildman–Crippen LogP) is 3.31. The number of pyridine rings is 1. The Labute approximate surface area is 132 Å². The lowest BCUT2D eigenvalue weighted by Crippen LogP contribution is -2.31. The van der Waals surface area contributed by atoms with E-state index in [4.69, 9.17) is 22.5 Å². The van der Waals surface area contributed by atoms with Crippen LogP contribution < -0.4 is 10.6 Å². The number of hydrogen-bond donors (Lipinski definition) is 2. The van der Waals surface area contributed by atoms with E-state index in [1.165, 1.54) is 4.88 Å². The van der Waals surface area contributed by atoms with Crippen LogP contribution in [0.2, 0.25) is 5.02 Å². The van der Waals surface area contributed by atoms with E-state index in [0.717, 1.165) is 0 Å². The first-order chi connectivity index (χ1) is 10.0. The highest BCUT2D eigenvalue weighted by Crippen LogP contribution is 2.30. The zero-order valence-electron chi connectivity index (χ0n) is 11.8. The molecule has 0 saturated heterocycles. The molecule has 0 bridgehead atoms. The number of rotatable bonds is 5. The molecule has 3 N–H and O–H groups in total. The molecule has 0 amide bonds. The van der Waals surface area contributed by atoms with E-state index in [-0.39, 0.29) is 11.9 Å². The van der Waals surface area contributed by atoms with Crippen LogP contribution in [0.4, 0.5) is 5.82 Å². The summed E-state index contributed by atoms with van der Waals surface area (Å²) in [7, 11) is 0. The van der Waals surface area contributed by atoms with Crippen LogP contribution in [-0.4, -0.2) is 22.1 Å². The van der Waals surface area contributed by atoms with Crippen molar-refractivity contribution < 1.29 is 5.21 Å². The molecule has 0 fully saturated rings. The smallest absolute Gasteiger partial charge is 0.171 e. The number of nitrogens with zero attached hydrogens (tertiary/aromatic N) is 3. The number of nitrogens with two attached hydrogens (primary N) is 1. The van der Waals surface area contributed by atoms with Gasteiger partial charge in [0.25, 0.3) is 0 Å². The first kappa shape index (κ1) is 15.6. The quantitative estimate of drug-likeness (QED) is 0.383. The van der Waals surface area contributed by atoms with Gasteiger partial charge in [-0.2, -0.15) is 0 Å². The molecule has 2 heterocycles. The van der Waals surface area contributed by atoms with Crippen LogP contribution in [0.1, 0.15) is 24.3 Å². The van der Waals surface area contributed by atoms with Crippen LogP contribution in [0, 0.1) is 0 Å². The molecule has 0 saturated carbocycles. The Hall–Kier alpha value is -1.79. The Bertz CT molecular complexity index is 628. The number of aromatic nitrogens is 1. The van der Waals surface area contributed by atoms with Gasteiger partial charge in [0.2, 0.25) is 0 Å². The molecule has 0 atom stereocenters. The fraction of sp³-hybridized carbons (Fsp3) is 0.286. The van der Waals surface area contributed by atoms with Gasteiger partial charge in [0.05, 0.1) is 11.6 Å². The molecule has 0 aliphatic heterocycles. The number of anilines is 1. The highest BCUT2D eigenvalue weighted by molar-refractivity contribution is 7.09. The standard InChI is InChI=1S/C14H17ClN4OS/c1-9(2)19(8-10-4-3-7-21-10)14-12(15)11(5-6-17-14)13(16)18-20/h3-7,9,20H,8H2,1-2H3,(H2,16,18). The van der Waals surface area contributed by atoms with Crippen molar-refractivity contribution in [2.24, 2.45) is 10.9 Å². The molecule has 0 spiro atoms. The van der Waals surface area contributed by atoms with Gasteiger partial charge in [-0.05, 0) is 31.4 Å². The van der Waals surface area contributed by atoms with Crippen molar-refractivity contribution in [2.75, 3.05) is 4.90 Å². The summed E-state index contributed by atoms with van der Waals surface area (Å²) < 4.78 is 0. The fourth-order valence-electron chi connectivity index (χ4n) is 1.96. The predicted molar refractivity (Wildman–Crippen MR) is 87.4 cm³/mol. The van der Waals surface area contributed by atoms with Crippen LogP contribution in [0.3, 0.4) is 0 Å². The van der Waals surface area contributed by atoms with Crippen LogP contribution in [0.25, 0.3) is 0 Å². The van der Waals surface area contributed by atoms with Gasteiger partial charge in [-0.1, -0.05) is 22.8 Å². The van der Waals surface area contributed by atoms with Crippen LogP contribution in [-0.2, 0) is 6.54 Å². The molecular formula is C14H17ClN4OS. The number of hydrogen-bond acceptors (Lipinski definition) is 5. The monoisotopic (exact) mass is 324 g/mol. The first-order valence-electron chi connectivity index (χ1n) is 6.46. The number of thiophene rings is 1. The zero-order chi connectivity index (χ0) is 15.4. The number of amidine groups is 1. The molecule has 0 radical (unpaired) electrons. The number of oxime groups is 1. The molecule has 21 heavy (non-hydrogen) atoms. The summed E-state index contributed by atoms with van der Waals surface area (Å²) in [5.41, 5.74) is 6.12. The Morgan fingerprint density at radius 1 is 1.52 bits per heavy atom. The molecule has 0 aliphatic carbocycles. The van der Waals surface area contributed by atoms with Crippen molar-refractivity contribution in [3.63, 3.8) is 0 Å². The number of halogens is 1. The van der Waals surface area contributed by atoms with Crippen molar-refractivity contribution in [3.05, 3.63) is 45.2 Å². The molecule has 2 aromatic heterocycles. The Kier molecular flexibility index (Phi) is 5.03. The Morgan fingerprint density at radius 2 is 2.29 bits per heavy atom. The molecule has 2 aromatic rings. The van der Waals surface area contributed by atoms with Crippen molar-refractivity contribution in [1.29, 1.82) is 0 Å². The first-order valence-corrected chi connectivity index (χ1v) is 7.71. The van der Waals surface area contributed by atoms with Crippen molar-refractivity contribution >= 4 is 34.6 Å². The molecule has 0 unspecified atom stereocenters. The van der Waals surface area contributed by atoms with E-state index < -0.39 is 0 Å². The topological polar surface area (TPSA) is 74.7 Å². The maximum absolute atomic E-state index is 8.83. The lowest BCUT2D eigenvalue weighted by molar-refractivity contribution is 0.318. The molecule has 112 valence electrons.